The van der Waals surface area contributed by atoms with Crippen LogP contribution in [0.1, 0.15) is 37.4 Å². The number of benzene rings is 1. The number of hydrogen-bond donors (Lipinski definition) is 1. The molecule has 0 bridgehead atoms. The number of nitrogens with one attached hydrogen (secondary N) is 1. The first-order valence-corrected chi connectivity index (χ1v) is 8.40. The summed E-state index contributed by atoms with van der Waals surface area (Å²) in [6.07, 6.45) is 4.44. The molecule has 0 atom stereocenters. The van der Waals surface area contributed by atoms with Gasteiger partial charge in [0.1, 0.15) is 11.8 Å². The molecule has 1 aromatic carbocycles. The third-order valence-corrected chi connectivity index (χ3v) is 3.31. The van der Waals surface area contributed by atoms with E-state index in [0.717, 1.165) is 17.7 Å². The van der Waals surface area contributed by atoms with Gasteiger partial charge in [0.25, 0.3) is 0 Å². The second kappa shape index (κ2) is 10.2. The van der Waals surface area contributed by atoms with Gasteiger partial charge >= 0.3 is 0 Å². The molecule has 6 heteroatoms. The monoisotopic (exact) mass is 341 g/mol. The Morgan fingerprint density at radius 2 is 2.00 bits per heavy atom. The van der Waals surface area contributed by atoms with E-state index in [4.69, 9.17) is 19.2 Å². The van der Waals surface area contributed by atoms with Gasteiger partial charge in [-0.1, -0.05) is 12.1 Å². The quantitative estimate of drug-likeness (QED) is 0.659. The third kappa shape index (κ3) is 5.98. The molecule has 0 saturated heterocycles. The standard InChI is InChI=1S/C19H23N3O3/c1-3-23-13-5-12-21-19-17(14-20)22-18(25-19)11-8-15-6-9-16(10-7-15)24-4-2/h6-11,21H,3-5,12-13H2,1-2H3. The highest BCUT2D eigenvalue weighted by atomic mass is 16.5. The summed E-state index contributed by atoms with van der Waals surface area (Å²) in [6.45, 7) is 6.58. The number of oxazole rings is 1. The fourth-order valence-corrected chi connectivity index (χ4v) is 2.13. The van der Waals surface area contributed by atoms with E-state index < -0.39 is 0 Å². The van der Waals surface area contributed by atoms with E-state index in [1.807, 2.05) is 50.3 Å². The maximum atomic E-state index is 9.16. The molecule has 6 nitrogen and oxygen atoms in total. The second-order valence-corrected chi connectivity index (χ2v) is 5.15. The molecule has 2 aromatic rings. The minimum atomic E-state index is 0.253. The number of hydrogen-bond acceptors (Lipinski definition) is 6. The molecule has 0 aliphatic rings. The van der Waals surface area contributed by atoms with Crippen LogP contribution in [0, 0.1) is 11.3 Å². The molecule has 0 fully saturated rings. The maximum absolute atomic E-state index is 9.16. The Morgan fingerprint density at radius 3 is 2.68 bits per heavy atom. The number of ether oxygens (including phenoxy) is 2. The summed E-state index contributed by atoms with van der Waals surface area (Å²) in [4.78, 5) is 4.17. The molecule has 1 aromatic heterocycles. The first-order valence-electron chi connectivity index (χ1n) is 8.40. The van der Waals surface area contributed by atoms with Gasteiger partial charge < -0.3 is 19.2 Å². The van der Waals surface area contributed by atoms with E-state index in [-0.39, 0.29) is 5.69 Å². The van der Waals surface area contributed by atoms with Crippen LogP contribution in [-0.4, -0.2) is 31.3 Å². The molecular weight excluding hydrogens is 318 g/mol. The summed E-state index contributed by atoms with van der Waals surface area (Å²) in [7, 11) is 0. The summed E-state index contributed by atoms with van der Waals surface area (Å²) in [5, 5.41) is 12.2. The lowest BCUT2D eigenvalue weighted by Gasteiger charge is -2.02. The summed E-state index contributed by atoms with van der Waals surface area (Å²) >= 11 is 0. The van der Waals surface area contributed by atoms with Crippen molar-refractivity contribution in [2.24, 2.45) is 0 Å². The molecule has 0 amide bonds. The summed E-state index contributed by atoms with van der Waals surface area (Å²) in [6, 6.07) is 9.75. The zero-order valence-electron chi connectivity index (χ0n) is 14.6. The molecule has 0 aliphatic carbocycles. The lowest BCUT2D eigenvalue weighted by molar-refractivity contribution is 0.147. The smallest absolute Gasteiger partial charge is 0.232 e. The van der Waals surface area contributed by atoms with Crippen molar-refractivity contribution >= 4 is 18.0 Å². The van der Waals surface area contributed by atoms with Gasteiger partial charge in [-0.05, 0) is 44.0 Å². The van der Waals surface area contributed by atoms with E-state index in [0.29, 0.717) is 38.1 Å². The fourth-order valence-electron chi connectivity index (χ4n) is 2.13. The van der Waals surface area contributed by atoms with Crippen LogP contribution >= 0.6 is 0 Å². The Bertz CT molecular complexity index is 715. The molecule has 0 spiro atoms. The molecule has 0 unspecified atom stereocenters. The van der Waals surface area contributed by atoms with E-state index in [2.05, 4.69) is 10.3 Å². The van der Waals surface area contributed by atoms with Crippen molar-refractivity contribution in [1.82, 2.24) is 4.98 Å². The van der Waals surface area contributed by atoms with Crippen molar-refractivity contribution in [3.8, 4) is 11.8 Å². The van der Waals surface area contributed by atoms with Crippen molar-refractivity contribution in [3.05, 3.63) is 41.4 Å². The third-order valence-electron chi connectivity index (χ3n) is 3.31. The minimum absolute atomic E-state index is 0.253. The molecule has 1 heterocycles. The van der Waals surface area contributed by atoms with Crippen LogP contribution < -0.4 is 10.1 Å². The van der Waals surface area contributed by atoms with Gasteiger partial charge in [-0.2, -0.15) is 10.2 Å². The summed E-state index contributed by atoms with van der Waals surface area (Å²) < 4.78 is 16.3. The number of aromatic nitrogens is 1. The van der Waals surface area contributed by atoms with E-state index in [1.54, 1.807) is 6.08 Å². The minimum Gasteiger partial charge on any atom is -0.494 e. The number of nitriles is 1. The van der Waals surface area contributed by atoms with Crippen LogP contribution in [0.25, 0.3) is 12.2 Å². The normalized spacial score (nSPS) is 10.8. The summed E-state index contributed by atoms with van der Waals surface area (Å²) in [5.74, 6) is 1.61. The first-order chi connectivity index (χ1) is 12.3. The highest BCUT2D eigenvalue weighted by Crippen LogP contribution is 2.19. The van der Waals surface area contributed by atoms with Crippen LogP contribution in [0.4, 0.5) is 5.88 Å². The Balaban J connectivity index is 1.96. The molecule has 0 radical (unpaired) electrons. The Labute approximate surface area is 148 Å². The number of nitrogens with zero attached hydrogens (tertiary/aromatic N) is 2. The van der Waals surface area contributed by atoms with Crippen LogP contribution in [0.2, 0.25) is 0 Å². The van der Waals surface area contributed by atoms with Crippen molar-refractivity contribution in [1.29, 1.82) is 5.26 Å². The average molecular weight is 341 g/mol. The number of anilines is 1. The zero-order valence-corrected chi connectivity index (χ0v) is 14.6. The van der Waals surface area contributed by atoms with Crippen molar-refractivity contribution in [2.75, 3.05) is 31.7 Å². The lowest BCUT2D eigenvalue weighted by Crippen LogP contribution is -2.05. The van der Waals surface area contributed by atoms with Gasteiger partial charge in [0, 0.05) is 25.8 Å². The Hall–Kier alpha value is -2.78. The first kappa shape index (κ1) is 18.6. The van der Waals surface area contributed by atoms with Crippen LogP contribution in [0.3, 0.4) is 0 Å². The number of rotatable bonds is 10. The lowest BCUT2D eigenvalue weighted by atomic mass is 10.2. The Morgan fingerprint density at radius 1 is 1.20 bits per heavy atom. The Kier molecular flexibility index (Phi) is 7.54. The van der Waals surface area contributed by atoms with Gasteiger partial charge in [0.2, 0.25) is 17.5 Å². The molecule has 25 heavy (non-hydrogen) atoms. The van der Waals surface area contributed by atoms with E-state index >= 15 is 0 Å². The van der Waals surface area contributed by atoms with Crippen molar-refractivity contribution in [3.63, 3.8) is 0 Å². The van der Waals surface area contributed by atoms with Gasteiger partial charge in [0.05, 0.1) is 6.61 Å². The SMILES string of the molecule is CCOCCCNc1oc(C=Cc2ccc(OCC)cc2)nc1C#N. The average Bonchev–Trinajstić information content (AvgIpc) is 3.03. The van der Waals surface area contributed by atoms with Crippen LogP contribution in [0.15, 0.2) is 28.7 Å². The zero-order chi connectivity index (χ0) is 17.9. The van der Waals surface area contributed by atoms with Gasteiger partial charge in [-0.3, -0.25) is 0 Å². The van der Waals surface area contributed by atoms with Crippen molar-refractivity contribution < 1.29 is 13.9 Å². The largest absolute Gasteiger partial charge is 0.494 e. The molecule has 0 aliphatic heterocycles. The fraction of sp³-hybridized carbons (Fsp3) is 0.368. The molecule has 132 valence electrons. The van der Waals surface area contributed by atoms with Gasteiger partial charge in [-0.15, -0.1) is 0 Å². The van der Waals surface area contributed by atoms with E-state index in [1.165, 1.54) is 0 Å². The van der Waals surface area contributed by atoms with Crippen LogP contribution in [-0.2, 0) is 4.74 Å². The molecule has 0 saturated carbocycles. The van der Waals surface area contributed by atoms with Gasteiger partial charge in [-0.25, -0.2) is 0 Å². The highest BCUT2D eigenvalue weighted by molar-refractivity contribution is 5.67. The van der Waals surface area contributed by atoms with Crippen molar-refractivity contribution in [2.45, 2.75) is 20.3 Å². The van der Waals surface area contributed by atoms with Gasteiger partial charge in [0.15, 0.2) is 0 Å². The molecule has 1 N–H and O–H groups in total. The predicted octanol–water partition coefficient (Wildman–Crippen LogP) is 3.95. The molecule has 2 rings (SSSR count). The highest BCUT2D eigenvalue weighted by Gasteiger charge is 2.10. The summed E-state index contributed by atoms with van der Waals surface area (Å²) in [5.41, 5.74) is 1.24. The topological polar surface area (TPSA) is 80.3 Å². The maximum Gasteiger partial charge on any atom is 0.232 e. The van der Waals surface area contributed by atoms with Crippen LogP contribution in [0.5, 0.6) is 5.75 Å². The predicted molar refractivity (Wildman–Crippen MR) is 97.4 cm³/mol. The van der Waals surface area contributed by atoms with E-state index in [9.17, 15) is 0 Å². The molecular formula is C19H23N3O3. The second-order valence-electron chi connectivity index (χ2n) is 5.15.